The Morgan fingerprint density at radius 2 is 1.82 bits per heavy atom. The van der Waals surface area contributed by atoms with E-state index in [2.05, 4.69) is 46.0 Å². The summed E-state index contributed by atoms with van der Waals surface area (Å²) < 4.78 is 0. The second-order valence-corrected chi connectivity index (χ2v) is 13.8. The standard InChI is InChI=1S/C32H55NO/c1-23(2)10-9-11-24(3)28-14-15-29-27-13-12-25-22-26(33-20-7-6-8-21-34)16-18-31(25,4)30(27)17-19-32(28,29)5/h12,21,23-24,26-30,33H,6-11,13-20,22H2,1-5H3/t24-,26+,27?,28-,29?,30?,31+,32-/m1/s1. The summed E-state index contributed by atoms with van der Waals surface area (Å²) in [5.74, 6) is 5.55. The Morgan fingerprint density at radius 1 is 1.00 bits per heavy atom. The minimum absolute atomic E-state index is 0.459. The van der Waals surface area contributed by atoms with E-state index in [-0.39, 0.29) is 0 Å². The molecule has 0 aromatic rings. The molecule has 4 aliphatic carbocycles. The van der Waals surface area contributed by atoms with Crippen molar-refractivity contribution in [2.24, 2.45) is 46.3 Å². The van der Waals surface area contributed by atoms with Crippen LogP contribution >= 0.6 is 0 Å². The summed E-state index contributed by atoms with van der Waals surface area (Å²) in [4.78, 5) is 10.6. The zero-order valence-corrected chi connectivity index (χ0v) is 23.2. The molecule has 34 heavy (non-hydrogen) atoms. The molecule has 0 aromatic heterocycles. The van der Waals surface area contributed by atoms with Gasteiger partial charge in [-0.15, -0.1) is 0 Å². The van der Waals surface area contributed by atoms with Gasteiger partial charge in [0.2, 0.25) is 0 Å². The predicted octanol–water partition coefficient (Wildman–Crippen LogP) is 8.36. The molecule has 3 fully saturated rings. The largest absolute Gasteiger partial charge is 0.314 e. The highest BCUT2D eigenvalue weighted by Gasteiger charge is 2.59. The molecular weight excluding hydrogens is 414 g/mol. The number of carbonyl (C=O) groups is 1. The second-order valence-electron chi connectivity index (χ2n) is 13.8. The van der Waals surface area contributed by atoms with Crippen molar-refractivity contribution in [2.45, 2.75) is 131 Å². The fourth-order valence-electron chi connectivity index (χ4n) is 9.52. The average molecular weight is 470 g/mol. The average Bonchev–Trinajstić information content (AvgIpc) is 3.16. The van der Waals surface area contributed by atoms with Gasteiger partial charge in [0.1, 0.15) is 6.29 Å². The van der Waals surface area contributed by atoms with Crippen LogP contribution < -0.4 is 5.32 Å². The van der Waals surface area contributed by atoms with E-state index in [9.17, 15) is 4.79 Å². The van der Waals surface area contributed by atoms with Gasteiger partial charge < -0.3 is 10.1 Å². The Bertz CT molecular complexity index is 712. The van der Waals surface area contributed by atoms with Crippen molar-refractivity contribution in [3.8, 4) is 0 Å². The van der Waals surface area contributed by atoms with Gasteiger partial charge in [0.25, 0.3) is 0 Å². The van der Waals surface area contributed by atoms with Crippen molar-refractivity contribution < 1.29 is 4.79 Å². The molecule has 2 heteroatoms. The lowest BCUT2D eigenvalue weighted by atomic mass is 9.47. The summed E-state index contributed by atoms with van der Waals surface area (Å²) >= 11 is 0. The quantitative estimate of drug-likeness (QED) is 0.187. The van der Waals surface area contributed by atoms with Gasteiger partial charge in [-0.1, -0.05) is 65.5 Å². The van der Waals surface area contributed by atoms with E-state index in [0.29, 0.717) is 16.9 Å². The van der Waals surface area contributed by atoms with Crippen molar-refractivity contribution in [3.05, 3.63) is 11.6 Å². The number of carbonyl (C=O) groups excluding carboxylic acids is 1. The maximum Gasteiger partial charge on any atom is 0.119 e. The zero-order chi connectivity index (χ0) is 24.3. The van der Waals surface area contributed by atoms with E-state index < -0.39 is 0 Å². The van der Waals surface area contributed by atoms with Crippen LogP contribution in [0.1, 0.15) is 125 Å². The molecule has 2 nitrogen and oxygen atoms in total. The van der Waals surface area contributed by atoms with Crippen molar-refractivity contribution >= 4 is 6.29 Å². The molecule has 0 radical (unpaired) electrons. The number of rotatable bonds is 11. The first-order valence-electron chi connectivity index (χ1n) is 15.2. The number of hydrogen-bond donors (Lipinski definition) is 1. The van der Waals surface area contributed by atoms with Crippen LogP contribution in [0.5, 0.6) is 0 Å². The second kappa shape index (κ2) is 11.2. The third kappa shape index (κ3) is 5.23. The molecule has 0 amide bonds. The molecule has 8 atom stereocenters. The monoisotopic (exact) mass is 469 g/mol. The van der Waals surface area contributed by atoms with Crippen LogP contribution in [0.3, 0.4) is 0 Å². The summed E-state index contributed by atoms with van der Waals surface area (Å²) in [5, 5.41) is 3.83. The maximum atomic E-state index is 10.6. The number of allylic oxidation sites excluding steroid dienone is 1. The van der Waals surface area contributed by atoms with E-state index in [1.807, 2.05) is 0 Å². The van der Waals surface area contributed by atoms with Crippen LogP contribution in [-0.2, 0) is 4.79 Å². The highest BCUT2D eigenvalue weighted by atomic mass is 16.1. The number of fused-ring (bicyclic) bond motifs is 5. The van der Waals surface area contributed by atoms with E-state index in [1.165, 1.54) is 70.6 Å². The molecule has 0 spiro atoms. The molecule has 0 aromatic carbocycles. The molecule has 4 rings (SSSR count). The summed E-state index contributed by atoms with van der Waals surface area (Å²) in [6.45, 7) is 13.8. The Kier molecular flexibility index (Phi) is 8.69. The molecule has 3 saturated carbocycles. The fraction of sp³-hybridized carbons (Fsp3) is 0.906. The van der Waals surface area contributed by atoms with E-state index >= 15 is 0 Å². The molecule has 1 N–H and O–H groups in total. The molecule has 0 heterocycles. The van der Waals surface area contributed by atoms with Crippen molar-refractivity contribution in [1.29, 1.82) is 0 Å². The molecule has 4 aliphatic rings. The molecule has 0 saturated heterocycles. The lowest BCUT2D eigenvalue weighted by Crippen LogP contribution is -2.51. The topological polar surface area (TPSA) is 29.1 Å². The lowest BCUT2D eigenvalue weighted by molar-refractivity contribution is -0.107. The minimum Gasteiger partial charge on any atom is -0.314 e. The first-order valence-corrected chi connectivity index (χ1v) is 15.2. The van der Waals surface area contributed by atoms with Gasteiger partial charge in [-0.05, 0) is 117 Å². The highest BCUT2D eigenvalue weighted by molar-refractivity contribution is 5.48. The number of unbranched alkanes of at least 4 members (excludes halogenated alkanes) is 2. The van der Waals surface area contributed by atoms with Gasteiger partial charge in [-0.2, -0.15) is 0 Å². The maximum absolute atomic E-state index is 10.6. The smallest absolute Gasteiger partial charge is 0.119 e. The van der Waals surface area contributed by atoms with Gasteiger partial charge in [-0.3, -0.25) is 0 Å². The van der Waals surface area contributed by atoms with Gasteiger partial charge in [0.15, 0.2) is 0 Å². The normalized spacial score (nSPS) is 40.3. The third-order valence-electron chi connectivity index (χ3n) is 11.5. The van der Waals surface area contributed by atoms with E-state index in [0.717, 1.165) is 67.6 Å². The Balaban J connectivity index is 1.38. The number of aldehydes is 1. The van der Waals surface area contributed by atoms with Crippen LogP contribution in [0.15, 0.2) is 11.6 Å². The van der Waals surface area contributed by atoms with Gasteiger partial charge in [0.05, 0.1) is 0 Å². The van der Waals surface area contributed by atoms with Gasteiger partial charge >= 0.3 is 0 Å². The van der Waals surface area contributed by atoms with Crippen LogP contribution in [0.4, 0.5) is 0 Å². The summed E-state index contributed by atoms with van der Waals surface area (Å²) in [6, 6.07) is 0.656. The first-order chi connectivity index (χ1) is 16.3. The molecule has 0 aliphatic heterocycles. The predicted molar refractivity (Wildman–Crippen MR) is 145 cm³/mol. The first kappa shape index (κ1) is 26.4. The molecule has 194 valence electrons. The van der Waals surface area contributed by atoms with Gasteiger partial charge in [0, 0.05) is 12.5 Å². The molecule has 0 bridgehead atoms. The van der Waals surface area contributed by atoms with Crippen LogP contribution in [0, 0.1) is 46.3 Å². The zero-order valence-electron chi connectivity index (χ0n) is 23.2. The van der Waals surface area contributed by atoms with Crippen LogP contribution in [-0.4, -0.2) is 18.9 Å². The van der Waals surface area contributed by atoms with Crippen molar-refractivity contribution in [1.82, 2.24) is 5.32 Å². The molecule has 3 unspecified atom stereocenters. The van der Waals surface area contributed by atoms with Crippen molar-refractivity contribution in [2.75, 3.05) is 6.54 Å². The Labute approximate surface area is 211 Å². The summed E-state index contributed by atoms with van der Waals surface area (Å²) in [6.07, 6.45) is 22.3. The van der Waals surface area contributed by atoms with Crippen LogP contribution in [0.2, 0.25) is 0 Å². The SMILES string of the molecule is CC(C)CCC[C@@H](C)[C@H]1CCC2C3CC=C4C[C@@H](NCCCCC=O)CC[C@]4(C)C3CC[C@@]21C. The van der Waals surface area contributed by atoms with Crippen LogP contribution in [0.25, 0.3) is 0 Å². The third-order valence-corrected chi connectivity index (χ3v) is 11.5. The summed E-state index contributed by atoms with van der Waals surface area (Å²) in [5.41, 5.74) is 2.85. The van der Waals surface area contributed by atoms with Crippen molar-refractivity contribution in [3.63, 3.8) is 0 Å². The number of hydrogen-bond acceptors (Lipinski definition) is 2. The van der Waals surface area contributed by atoms with Gasteiger partial charge in [-0.25, -0.2) is 0 Å². The van der Waals surface area contributed by atoms with E-state index in [1.54, 1.807) is 5.57 Å². The Hall–Kier alpha value is -0.630. The molecular formula is C32H55NO. The number of nitrogens with one attached hydrogen (secondary N) is 1. The Morgan fingerprint density at radius 3 is 2.59 bits per heavy atom. The highest BCUT2D eigenvalue weighted by Crippen LogP contribution is 2.67. The summed E-state index contributed by atoms with van der Waals surface area (Å²) in [7, 11) is 0. The lowest BCUT2D eigenvalue weighted by Gasteiger charge is -2.58. The van der Waals surface area contributed by atoms with E-state index in [4.69, 9.17) is 0 Å². The minimum atomic E-state index is 0.459. The fourth-order valence-corrected chi connectivity index (χ4v) is 9.52.